The molecule has 0 saturated heterocycles. The minimum atomic E-state index is -0.488. The molecule has 2 aliphatic rings. The molecule has 1 amide bonds. The number of para-hydroxylation sites is 1. The fourth-order valence-electron chi connectivity index (χ4n) is 4.37. The van der Waals surface area contributed by atoms with Gasteiger partial charge >= 0.3 is 0 Å². The van der Waals surface area contributed by atoms with E-state index in [2.05, 4.69) is 25.6 Å². The number of nitrogens with zero attached hydrogens (tertiary/aromatic N) is 7. The van der Waals surface area contributed by atoms with Crippen LogP contribution in [0.5, 0.6) is 0 Å². The molecule has 206 valence electrons. The number of amidine groups is 1. The number of nitro benzene ring substituents is 1. The number of carbonyl (C=O) groups is 1. The SMILES string of the molecule is Cc1cc(=O)n2c(n1)/C(=N/Nc1ccc(C3=N/C(=C/c4ccc([N+](=O)[O-])cc4)C(=O)N3c3ccccc3)cc1)C(O)=N2. The molecule has 2 aliphatic heterocycles. The molecule has 0 saturated carbocycles. The average Bonchev–Trinajstić information content (AvgIpc) is 3.48. The first-order valence-corrected chi connectivity index (χ1v) is 12.6. The second-order valence-corrected chi connectivity index (χ2v) is 9.23. The number of aliphatic hydroxyl groups is 1. The molecule has 13 nitrogen and oxygen atoms in total. The van der Waals surface area contributed by atoms with Gasteiger partial charge < -0.3 is 5.11 Å². The number of carbonyl (C=O) groups excluding carboxylic acids is 1. The lowest BCUT2D eigenvalue weighted by Crippen LogP contribution is -2.32. The van der Waals surface area contributed by atoms with E-state index < -0.39 is 16.4 Å². The Hall–Kier alpha value is -6.24. The van der Waals surface area contributed by atoms with Gasteiger partial charge in [-0.2, -0.15) is 9.78 Å². The first-order chi connectivity index (χ1) is 20.3. The van der Waals surface area contributed by atoms with Gasteiger partial charge in [-0.25, -0.2) is 9.98 Å². The third-order valence-corrected chi connectivity index (χ3v) is 6.36. The molecule has 0 aliphatic carbocycles. The van der Waals surface area contributed by atoms with Crippen LogP contribution in [-0.4, -0.2) is 43.0 Å². The van der Waals surface area contributed by atoms with E-state index in [-0.39, 0.29) is 28.8 Å². The molecule has 42 heavy (non-hydrogen) atoms. The van der Waals surface area contributed by atoms with Crippen molar-refractivity contribution in [2.75, 3.05) is 10.3 Å². The number of aliphatic hydroxyl groups excluding tert-OH is 1. The summed E-state index contributed by atoms with van der Waals surface area (Å²) in [5.41, 5.74) is 5.39. The largest absolute Gasteiger partial charge is 0.491 e. The number of aryl methyl sites for hydroxylation is 1. The van der Waals surface area contributed by atoms with Crippen molar-refractivity contribution in [3.05, 3.63) is 134 Å². The summed E-state index contributed by atoms with van der Waals surface area (Å²) in [6, 6.07) is 23.1. The van der Waals surface area contributed by atoms with Gasteiger partial charge in [0.2, 0.25) is 0 Å². The molecular formula is C29H20N8O5. The maximum atomic E-state index is 13.5. The smallest absolute Gasteiger partial charge is 0.282 e. The fraction of sp³-hybridized carbons (Fsp3) is 0.0345. The molecule has 0 spiro atoms. The number of nitrogens with one attached hydrogen (secondary N) is 1. The second kappa shape index (κ2) is 10.4. The lowest BCUT2D eigenvalue weighted by Gasteiger charge is -2.18. The number of hydrogen-bond acceptors (Lipinski definition) is 9. The first kappa shape index (κ1) is 26.0. The molecule has 3 aromatic carbocycles. The minimum absolute atomic E-state index is 0.0157. The van der Waals surface area contributed by atoms with Gasteiger partial charge in [-0.3, -0.25) is 30.0 Å². The minimum Gasteiger partial charge on any atom is -0.491 e. The van der Waals surface area contributed by atoms with Crippen LogP contribution in [0.2, 0.25) is 0 Å². The van der Waals surface area contributed by atoms with Crippen LogP contribution in [0.3, 0.4) is 0 Å². The Balaban J connectivity index is 1.30. The molecule has 0 unspecified atom stereocenters. The van der Waals surface area contributed by atoms with Gasteiger partial charge in [0.25, 0.3) is 23.1 Å². The molecule has 2 N–H and O–H groups in total. The summed E-state index contributed by atoms with van der Waals surface area (Å²) in [7, 11) is 0. The highest BCUT2D eigenvalue weighted by molar-refractivity contribution is 6.45. The normalized spacial score (nSPS) is 16.0. The fourth-order valence-corrected chi connectivity index (χ4v) is 4.37. The summed E-state index contributed by atoms with van der Waals surface area (Å²) in [6.07, 6.45) is 1.58. The van der Waals surface area contributed by atoms with Crippen molar-refractivity contribution in [2.45, 2.75) is 6.92 Å². The first-order valence-electron chi connectivity index (χ1n) is 12.6. The Labute approximate surface area is 237 Å². The Morgan fingerprint density at radius 1 is 1.00 bits per heavy atom. The van der Waals surface area contributed by atoms with Gasteiger partial charge in [0.1, 0.15) is 11.5 Å². The van der Waals surface area contributed by atoms with Gasteiger partial charge in [0, 0.05) is 29.5 Å². The summed E-state index contributed by atoms with van der Waals surface area (Å²) in [6.45, 7) is 1.66. The van der Waals surface area contributed by atoms with Crippen molar-refractivity contribution >= 4 is 46.5 Å². The van der Waals surface area contributed by atoms with E-state index in [9.17, 15) is 24.8 Å². The predicted molar refractivity (Wildman–Crippen MR) is 157 cm³/mol. The van der Waals surface area contributed by atoms with Crippen LogP contribution in [0.25, 0.3) is 6.08 Å². The van der Waals surface area contributed by atoms with E-state index >= 15 is 0 Å². The van der Waals surface area contributed by atoms with Crippen molar-refractivity contribution in [3.8, 4) is 0 Å². The summed E-state index contributed by atoms with van der Waals surface area (Å²) in [5.74, 6) is -0.285. The number of hydrogen-bond donors (Lipinski definition) is 2. The van der Waals surface area contributed by atoms with Gasteiger partial charge in [-0.15, -0.1) is 5.10 Å². The summed E-state index contributed by atoms with van der Waals surface area (Å²) in [5, 5.41) is 29.2. The van der Waals surface area contributed by atoms with Crippen LogP contribution in [0.1, 0.15) is 22.6 Å². The molecule has 0 bridgehead atoms. The number of benzene rings is 3. The third-order valence-electron chi connectivity index (χ3n) is 6.36. The van der Waals surface area contributed by atoms with Crippen molar-refractivity contribution in [1.29, 1.82) is 0 Å². The molecule has 0 radical (unpaired) electrons. The van der Waals surface area contributed by atoms with E-state index in [1.165, 1.54) is 23.1 Å². The number of aliphatic imine (C=N–C) groups is 1. The van der Waals surface area contributed by atoms with Crippen LogP contribution >= 0.6 is 0 Å². The van der Waals surface area contributed by atoms with E-state index in [0.29, 0.717) is 34.0 Å². The highest BCUT2D eigenvalue weighted by atomic mass is 16.6. The molecule has 3 heterocycles. The van der Waals surface area contributed by atoms with Crippen LogP contribution in [0.4, 0.5) is 17.1 Å². The molecular weight excluding hydrogens is 540 g/mol. The van der Waals surface area contributed by atoms with Crippen LogP contribution < -0.4 is 15.9 Å². The summed E-state index contributed by atoms with van der Waals surface area (Å²) >= 11 is 0. The monoisotopic (exact) mass is 560 g/mol. The van der Waals surface area contributed by atoms with Gasteiger partial charge in [0.15, 0.2) is 11.5 Å². The van der Waals surface area contributed by atoms with Crippen LogP contribution in [-0.2, 0) is 4.79 Å². The van der Waals surface area contributed by atoms with Crippen LogP contribution in [0, 0.1) is 17.0 Å². The number of fused-ring (bicyclic) bond motifs is 1. The molecule has 0 fully saturated rings. The molecule has 1 aromatic heterocycles. The van der Waals surface area contributed by atoms with Crippen molar-refractivity contribution in [2.24, 2.45) is 15.2 Å². The van der Waals surface area contributed by atoms with E-state index in [1.807, 2.05) is 18.2 Å². The van der Waals surface area contributed by atoms with Crippen molar-refractivity contribution in [1.82, 2.24) is 9.66 Å². The Morgan fingerprint density at radius 3 is 2.40 bits per heavy atom. The Bertz CT molecular complexity index is 1930. The van der Waals surface area contributed by atoms with E-state index in [1.54, 1.807) is 61.5 Å². The highest BCUT2D eigenvalue weighted by Gasteiger charge is 2.32. The number of hydrazone groups is 1. The predicted octanol–water partition coefficient (Wildman–Crippen LogP) is 3.84. The standard InChI is InChI=1S/C29H20N8O5/c1-17-15-24(38)36-27(30-17)25(28(39)34-36)33-32-20-11-9-19(10-12-20)26-31-23(16-18-7-13-22(14-8-18)37(41)42)29(40)35(26)21-5-3-2-4-6-21/h2-16,32H,1H3,(H,34,39)/b23-16+,33-25-. The Kier molecular flexibility index (Phi) is 6.43. The zero-order valence-corrected chi connectivity index (χ0v) is 21.9. The van der Waals surface area contributed by atoms with E-state index in [0.717, 1.165) is 4.68 Å². The topological polar surface area (TPSA) is 168 Å². The van der Waals surface area contributed by atoms with Gasteiger partial charge in [-0.05, 0) is 67.1 Å². The van der Waals surface area contributed by atoms with Gasteiger partial charge in [-0.1, -0.05) is 18.2 Å². The quantitative estimate of drug-likeness (QED) is 0.205. The van der Waals surface area contributed by atoms with Crippen LogP contribution in [0.15, 0.2) is 111 Å². The number of rotatable bonds is 6. The number of non-ortho nitro benzene ring substituents is 1. The lowest BCUT2D eigenvalue weighted by atomic mass is 10.1. The maximum absolute atomic E-state index is 13.5. The zero-order valence-electron chi connectivity index (χ0n) is 21.9. The molecule has 13 heteroatoms. The number of nitro groups is 1. The molecule has 4 aromatic rings. The second-order valence-electron chi connectivity index (χ2n) is 9.23. The van der Waals surface area contributed by atoms with E-state index in [4.69, 9.17) is 0 Å². The average molecular weight is 561 g/mol. The summed E-state index contributed by atoms with van der Waals surface area (Å²) < 4.78 is 0.973. The lowest BCUT2D eigenvalue weighted by molar-refractivity contribution is -0.384. The zero-order chi connectivity index (χ0) is 29.4. The number of amides is 1. The van der Waals surface area contributed by atoms with Crippen molar-refractivity contribution in [3.63, 3.8) is 0 Å². The number of aromatic nitrogens is 2. The Morgan fingerprint density at radius 2 is 1.71 bits per heavy atom. The molecule has 0 atom stereocenters. The van der Waals surface area contributed by atoms with Gasteiger partial charge in [0.05, 0.1) is 16.3 Å². The summed E-state index contributed by atoms with van der Waals surface area (Å²) in [4.78, 5) is 46.5. The number of anilines is 2. The highest BCUT2D eigenvalue weighted by Crippen LogP contribution is 2.28. The van der Waals surface area contributed by atoms with Crippen molar-refractivity contribution < 1.29 is 14.8 Å². The molecule has 6 rings (SSSR count). The third kappa shape index (κ3) is 4.81. The maximum Gasteiger partial charge on any atom is 0.282 e.